The van der Waals surface area contributed by atoms with Crippen LogP contribution in [0.1, 0.15) is 67.5 Å². The van der Waals surface area contributed by atoms with Gasteiger partial charge in [0.05, 0.1) is 30.1 Å². The third-order valence-electron chi connectivity index (χ3n) is 10.6. The highest BCUT2D eigenvalue weighted by molar-refractivity contribution is 6.00. The minimum atomic E-state index is -2.92. The van der Waals surface area contributed by atoms with Gasteiger partial charge in [-0.2, -0.15) is 0 Å². The first-order valence-electron chi connectivity index (χ1n) is 16.3. The van der Waals surface area contributed by atoms with Gasteiger partial charge >= 0.3 is 0 Å². The minimum absolute atomic E-state index is 0.000468. The van der Waals surface area contributed by atoms with Crippen molar-refractivity contribution in [3.63, 3.8) is 0 Å². The fraction of sp³-hybridized carbons (Fsp3) is 0.529. The maximum absolute atomic E-state index is 13.8. The number of likely N-dealkylation sites (tertiary alicyclic amines) is 1. The summed E-state index contributed by atoms with van der Waals surface area (Å²) in [7, 11) is 3.55. The van der Waals surface area contributed by atoms with E-state index in [9.17, 15) is 18.4 Å². The number of alkyl halides is 2. The second kappa shape index (κ2) is 10.5. The molecule has 3 aromatic heterocycles. The summed E-state index contributed by atoms with van der Waals surface area (Å²) in [5.41, 5.74) is 10.7. The van der Waals surface area contributed by atoms with Crippen LogP contribution < -0.4 is 15.8 Å². The number of carbonyl (C=O) groups excluding carboxylic acids is 2. The van der Waals surface area contributed by atoms with E-state index in [1.165, 1.54) is 0 Å². The lowest BCUT2D eigenvalue weighted by molar-refractivity contribution is -0.125. The number of aryl methyl sites for hydroxylation is 1. The molecule has 10 nitrogen and oxygen atoms in total. The van der Waals surface area contributed by atoms with Gasteiger partial charge in [-0.3, -0.25) is 9.59 Å². The molecule has 1 unspecified atom stereocenters. The Kier molecular flexibility index (Phi) is 6.69. The van der Waals surface area contributed by atoms with Crippen molar-refractivity contribution in [2.24, 2.45) is 30.5 Å². The van der Waals surface area contributed by atoms with Crippen molar-refractivity contribution >= 4 is 33.9 Å². The van der Waals surface area contributed by atoms with E-state index in [1.807, 2.05) is 40.8 Å². The Balaban J connectivity index is 1.16. The molecule has 1 aromatic carbocycles. The third-order valence-corrected chi connectivity index (χ3v) is 10.6. The number of fused-ring (bicyclic) bond motifs is 4. The quantitative estimate of drug-likeness (QED) is 0.289. The summed E-state index contributed by atoms with van der Waals surface area (Å²) in [5, 5.41) is 3.63. The molecule has 4 fully saturated rings. The third kappa shape index (κ3) is 4.83. The van der Waals surface area contributed by atoms with Crippen LogP contribution in [0.25, 0.3) is 33.6 Å². The number of rotatable bonds is 8. The van der Waals surface area contributed by atoms with Crippen LogP contribution in [0.2, 0.25) is 0 Å². The van der Waals surface area contributed by atoms with Gasteiger partial charge in [0.15, 0.2) is 5.82 Å². The number of nitrogens with zero attached hydrogens (tertiary/aromatic N) is 5. The van der Waals surface area contributed by atoms with Gasteiger partial charge < -0.3 is 29.8 Å². The molecule has 1 aliphatic heterocycles. The largest absolute Gasteiger partial charge is 0.494 e. The first-order chi connectivity index (χ1) is 22.0. The zero-order valence-corrected chi connectivity index (χ0v) is 26.3. The summed E-state index contributed by atoms with van der Waals surface area (Å²) in [6, 6.07) is 9.21. The van der Waals surface area contributed by atoms with Crippen LogP contribution in [0.5, 0.6) is 5.75 Å². The number of carbonyl (C=O) groups is 2. The number of nitrogens with one attached hydrogen (secondary N) is 1. The predicted octanol–water partition coefficient (Wildman–Crippen LogP) is 4.79. The SMILES string of the molecule is COc1cc(C(=O)N2C[C@H](N)[C@@H]3CC[C@H]2C3)cc2nc(-c3cc4ccc([C@@H](C)NC(=O)C5CC5(F)F)nc4n3CC3CC3)n(C)c12. The van der Waals surface area contributed by atoms with Crippen LogP contribution in [0.15, 0.2) is 30.3 Å². The molecule has 3 N–H and O–H groups in total. The number of piperidine rings is 1. The number of hydrogen-bond acceptors (Lipinski definition) is 6. The maximum atomic E-state index is 13.8. The van der Waals surface area contributed by atoms with Crippen molar-refractivity contribution < 1.29 is 23.1 Å². The standard InChI is InChI=1S/C34H39F2N7O3/c1-17(38-32(44)23-14-34(23,35)36)25-9-7-20-12-27(43(30(20)39-25)15-18-4-5-18)31-40-26-11-21(13-28(46-3)29(26)41(31)2)33(45)42-16-24(37)19-6-8-22(42)10-19/h7,9,11-13,17-19,22-24H,4-6,8,10,14-16,37H2,1-3H3,(H,38,44)/t17-,19-,22+,23?,24+/m1/s1. The van der Waals surface area contributed by atoms with Crippen molar-refractivity contribution in [1.29, 1.82) is 0 Å². The second-order valence-electron chi connectivity index (χ2n) is 13.9. The number of halogens is 2. The van der Waals surface area contributed by atoms with E-state index in [1.54, 1.807) is 14.0 Å². The second-order valence-corrected chi connectivity index (χ2v) is 13.9. The molecule has 2 bridgehead atoms. The Bertz CT molecular complexity index is 1900. The molecule has 8 rings (SSSR count). The van der Waals surface area contributed by atoms with Gasteiger partial charge in [0, 0.05) is 49.6 Å². The number of imidazole rings is 1. The summed E-state index contributed by atoms with van der Waals surface area (Å²) in [6.45, 7) is 3.08. The molecule has 3 aliphatic carbocycles. The fourth-order valence-electron chi connectivity index (χ4n) is 7.62. The number of benzene rings is 1. The van der Waals surface area contributed by atoms with Crippen molar-refractivity contribution in [2.45, 2.75) is 76.0 Å². The molecule has 4 aliphatic rings. The van der Waals surface area contributed by atoms with Gasteiger partial charge in [-0.1, -0.05) is 0 Å². The molecule has 3 saturated carbocycles. The highest BCUT2D eigenvalue weighted by Gasteiger charge is 2.61. The number of nitrogens with two attached hydrogens (primary N) is 1. The first kappa shape index (κ1) is 29.3. The lowest BCUT2D eigenvalue weighted by Crippen LogP contribution is -2.51. The highest BCUT2D eigenvalue weighted by atomic mass is 19.3. The van der Waals surface area contributed by atoms with Gasteiger partial charge in [0.25, 0.3) is 11.8 Å². The molecule has 46 heavy (non-hydrogen) atoms. The molecule has 5 atom stereocenters. The van der Waals surface area contributed by atoms with Crippen LogP contribution in [0.4, 0.5) is 8.78 Å². The lowest BCUT2D eigenvalue weighted by Gasteiger charge is -2.37. The van der Waals surface area contributed by atoms with Gasteiger partial charge in [0.2, 0.25) is 5.91 Å². The zero-order chi connectivity index (χ0) is 32.1. The van der Waals surface area contributed by atoms with Crippen LogP contribution in [0.3, 0.4) is 0 Å². The number of amides is 2. The Morgan fingerprint density at radius 3 is 2.65 bits per heavy atom. The fourth-order valence-corrected chi connectivity index (χ4v) is 7.62. The zero-order valence-electron chi connectivity index (χ0n) is 26.3. The number of ether oxygens (including phenoxy) is 1. The molecule has 2 amide bonds. The van der Waals surface area contributed by atoms with E-state index in [4.69, 9.17) is 20.4 Å². The van der Waals surface area contributed by atoms with E-state index in [2.05, 4.69) is 16.0 Å². The molecule has 4 heterocycles. The van der Waals surface area contributed by atoms with Gasteiger partial charge in [-0.05, 0) is 81.2 Å². The highest BCUT2D eigenvalue weighted by Crippen LogP contribution is 2.49. The first-order valence-corrected chi connectivity index (χ1v) is 16.3. The monoisotopic (exact) mass is 631 g/mol. The van der Waals surface area contributed by atoms with E-state index >= 15 is 0 Å². The average Bonchev–Trinajstić information content (AvgIpc) is 3.83. The summed E-state index contributed by atoms with van der Waals surface area (Å²) in [5.74, 6) is -2.56. The topological polar surface area (TPSA) is 120 Å². The van der Waals surface area contributed by atoms with Crippen molar-refractivity contribution in [3.05, 3.63) is 41.6 Å². The van der Waals surface area contributed by atoms with Crippen molar-refractivity contribution in [1.82, 2.24) is 29.3 Å². The number of pyridine rings is 1. The maximum Gasteiger partial charge on any atom is 0.260 e. The Hall–Kier alpha value is -4.06. The Morgan fingerprint density at radius 1 is 1.15 bits per heavy atom. The molecule has 0 radical (unpaired) electrons. The molecular formula is C34H39F2N7O3. The molecule has 1 saturated heterocycles. The van der Waals surface area contributed by atoms with Crippen LogP contribution in [-0.4, -0.2) is 67.5 Å². The van der Waals surface area contributed by atoms with Crippen LogP contribution in [0, 0.1) is 17.8 Å². The van der Waals surface area contributed by atoms with Crippen molar-refractivity contribution in [3.8, 4) is 17.3 Å². The van der Waals surface area contributed by atoms with Gasteiger partial charge in [-0.25, -0.2) is 18.7 Å². The van der Waals surface area contributed by atoms with Gasteiger partial charge in [-0.15, -0.1) is 0 Å². The predicted molar refractivity (Wildman–Crippen MR) is 168 cm³/mol. The number of aromatic nitrogens is 4. The molecule has 0 spiro atoms. The van der Waals surface area contributed by atoms with E-state index in [0.717, 1.165) is 60.9 Å². The van der Waals surface area contributed by atoms with Gasteiger partial charge in [0.1, 0.15) is 22.8 Å². The molecular weight excluding hydrogens is 592 g/mol. The van der Waals surface area contributed by atoms with E-state index in [-0.39, 0.29) is 18.0 Å². The number of hydrogen-bond donors (Lipinski definition) is 2. The van der Waals surface area contributed by atoms with Crippen LogP contribution in [-0.2, 0) is 18.4 Å². The summed E-state index contributed by atoms with van der Waals surface area (Å²) < 4.78 is 37.0. The smallest absolute Gasteiger partial charge is 0.260 e. The molecule has 12 heteroatoms. The Morgan fingerprint density at radius 2 is 1.93 bits per heavy atom. The molecule has 242 valence electrons. The van der Waals surface area contributed by atoms with E-state index in [0.29, 0.717) is 46.7 Å². The van der Waals surface area contributed by atoms with E-state index < -0.39 is 30.2 Å². The minimum Gasteiger partial charge on any atom is -0.494 e. The average molecular weight is 632 g/mol. The lowest BCUT2D eigenvalue weighted by atomic mass is 9.94. The Labute approximate surface area is 265 Å². The van der Waals surface area contributed by atoms with Crippen molar-refractivity contribution in [2.75, 3.05) is 13.7 Å². The summed E-state index contributed by atoms with van der Waals surface area (Å²) in [4.78, 5) is 38.2. The summed E-state index contributed by atoms with van der Waals surface area (Å²) >= 11 is 0. The van der Waals surface area contributed by atoms with Crippen LogP contribution >= 0.6 is 0 Å². The molecule has 4 aromatic rings. The number of methoxy groups -OCH3 is 1. The summed E-state index contributed by atoms with van der Waals surface area (Å²) in [6.07, 6.45) is 4.87. The normalized spacial score (nSPS) is 25.7.